The monoisotopic (exact) mass is 416 g/mol. The molecule has 0 aliphatic carbocycles. The molecule has 158 valence electrons. The Hall–Kier alpha value is -3.19. The van der Waals surface area contributed by atoms with E-state index >= 15 is 0 Å². The Morgan fingerprint density at radius 1 is 1.06 bits per heavy atom. The smallest absolute Gasteiger partial charge is 0.255 e. The molecule has 1 spiro atoms. The van der Waals surface area contributed by atoms with Gasteiger partial charge in [-0.1, -0.05) is 30.3 Å². The Kier molecular flexibility index (Phi) is 3.99. The van der Waals surface area contributed by atoms with E-state index in [0.29, 0.717) is 18.5 Å². The number of imide groups is 1. The van der Waals surface area contributed by atoms with Crippen LogP contribution in [-0.2, 0) is 28.1 Å². The molecule has 0 saturated carbocycles. The number of carbonyl (C=O) groups is 3. The molecule has 6 rings (SSSR count). The number of fused-ring (bicyclic) bond motifs is 3. The number of para-hydroxylation sites is 1. The van der Waals surface area contributed by atoms with Crippen LogP contribution in [0.1, 0.15) is 39.9 Å². The van der Waals surface area contributed by atoms with E-state index in [1.54, 1.807) is 4.90 Å². The van der Waals surface area contributed by atoms with Gasteiger partial charge in [-0.25, -0.2) is 0 Å². The largest absolute Gasteiger partial charge is 0.366 e. The van der Waals surface area contributed by atoms with E-state index in [1.807, 2.05) is 12.1 Å². The lowest BCUT2D eigenvalue weighted by Gasteiger charge is -2.40. The number of nitrogens with one attached hydrogen (secondary N) is 2. The fourth-order valence-electron chi connectivity index (χ4n) is 5.52. The summed E-state index contributed by atoms with van der Waals surface area (Å²) in [5.41, 5.74) is 5.60. The first-order valence-corrected chi connectivity index (χ1v) is 10.9. The Balaban J connectivity index is 1.24. The summed E-state index contributed by atoms with van der Waals surface area (Å²) in [6.07, 6.45) is 0.657. The molecule has 2 fully saturated rings. The SMILES string of the molecule is O=C1CCC(N2Cc3ccc(CN4CC5(CNC5)c5ccccc54)cc3C2=O)C(=O)N1. The molecule has 7 nitrogen and oxygen atoms in total. The third-order valence-corrected chi connectivity index (χ3v) is 7.20. The molecule has 4 aliphatic rings. The van der Waals surface area contributed by atoms with Crippen molar-refractivity contribution >= 4 is 23.4 Å². The van der Waals surface area contributed by atoms with Gasteiger partial charge >= 0.3 is 0 Å². The van der Waals surface area contributed by atoms with E-state index in [2.05, 4.69) is 45.9 Å². The highest BCUT2D eigenvalue weighted by molar-refractivity contribution is 6.05. The van der Waals surface area contributed by atoms with E-state index < -0.39 is 6.04 Å². The molecule has 0 radical (unpaired) electrons. The lowest BCUT2D eigenvalue weighted by molar-refractivity contribution is -0.136. The van der Waals surface area contributed by atoms with Gasteiger partial charge in [-0.15, -0.1) is 0 Å². The predicted octanol–water partition coefficient (Wildman–Crippen LogP) is 1.31. The molecule has 3 amide bonds. The van der Waals surface area contributed by atoms with Crippen molar-refractivity contribution in [2.24, 2.45) is 0 Å². The zero-order valence-corrected chi connectivity index (χ0v) is 17.2. The van der Waals surface area contributed by atoms with E-state index in [9.17, 15) is 14.4 Å². The summed E-state index contributed by atoms with van der Waals surface area (Å²) >= 11 is 0. The van der Waals surface area contributed by atoms with E-state index in [0.717, 1.165) is 37.3 Å². The highest BCUT2D eigenvalue weighted by atomic mass is 16.2. The van der Waals surface area contributed by atoms with Gasteiger partial charge in [0.2, 0.25) is 11.8 Å². The molecule has 2 aromatic carbocycles. The van der Waals surface area contributed by atoms with Gasteiger partial charge in [-0.05, 0) is 35.2 Å². The average Bonchev–Trinajstić information content (AvgIpc) is 3.24. The topological polar surface area (TPSA) is 81.8 Å². The highest BCUT2D eigenvalue weighted by Crippen LogP contribution is 2.43. The molecular weight excluding hydrogens is 392 g/mol. The third kappa shape index (κ3) is 2.80. The van der Waals surface area contributed by atoms with E-state index in [-0.39, 0.29) is 29.6 Å². The van der Waals surface area contributed by atoms with Gasteiger partial charge in [0.25, 0.3) is 5.91 Å². The molecule has 31 heavy (non-hydrogen) atoms. The Morgan fingerprint density at radius 3 is 2.68 bits per heavy atom. The van der Waals surface area contributed by atoms with Gasteiger partial charge in [-0.2, -0.15) is 0 Å². The summed E-state index contributed by atoms with van der Waals surface area (Å²) in [5.74, 6) is -0.753. The molecule has 1 atom stereocenters. The standard InChI is InChI=1S/C24H24N4O3/c29-21-8-7-20(22(30)26-21)28-11-16-6-5-15(9-17(16)23(28)31)10-27-14-24(12-25-13-24)18-3-1-2-4-19(18)27/h1-6,9,20,25H,7-8,10-14H2,(H,26,29,30). The number of benzene rings is 2. The van der Waals surface area contributed by atoms with Crippen molar-refractivity contribution in [3.8, 4) is 0 Å². The van der Waals surface area contributed by atoms with Crippen molar-refractivity contribution in [1.29, 1.82) is 0 Å². The van der Waals surface area contributed by atoms with Crippen LogP contribution in [-0.4, -0.2) is 48.3 Å². The van der Waals surface area contributed by atoms with E-state index in [4.69, 9.17) is 0 Å². The summed E-state index contributed by atoms with van der Waals surface area (Å²) in [7, 11) is 0. The number of hydrogen-bond acceptors (Lipinski definition) is 5. The van der Waals surface area contributed by atoms with Crippen LogP contribution >= 0.6 is 0 Å². The van der Waals surface area contributed by atoms with Crippen LogP contribution in [0.4, 0.5) is 5.69 Å². The maximum absolute atomic E-state index is 13.1. The number of piperidine rings is 1. The first kappa shape index (κ1) is 18.6. The van der Waals surface area contributed by atoms with Crippen molar-refractivity contribution in [2.45, 2.75) is 37.4 Å². The fourth-order valence-corrected chi connectivity index (χ4v) is 5.52. The van der Waals surface area contributed by atoms with Crippen LogP contribution in [0, 0.1) is 0 Å². The van der Waals surface area contributed by atoms with Crippen molar-refractivity contribution in [1.82, 2.24) is 15.5 Å². The minimum absolute atomic E-state index is 0.118. The molecule has 2 saturated heterocycles. The Morgan fingerprint density at radius 2 is 1.90 bits per heavy atom. The normalized spacial score (nSPS) is 23.6. The number of carbonyl (C=O) groups excluding carboxylic acids is 3. The maximum Gasteiger partial charge on any atom is 0.255 e. The number of hydrogen-bond donors (Lipinski definition) is 2. The van der Waals surface area contributed by atoms with Gasteiger partial charge in [0.1, 0.15) is 6.04 Å². The first-order valence-electron chi connectivity index (χ1n) is 10.9. The number of amides is 3. The highest BCUT2D eigenvalue weighted by Gasteiger charge is 2.47. The Bertz CT molecular complexity index is 1120. The maximum atomic E-state index is 13.1. The average molecular weight is 416 g/mol. The van der Waals surface area contributed by atoms with Crippen molar-refractivity contribution in [3.05, 3.63) is 64.7 Å². The van der Waals surface area contributed by atoms with Crippen molar-refractivity contribution in [3.63, 3.8) is 0 Å². The van der Waals surface area contributed by atoms with Gasteiger partial charge < -0.3 is 15.1 Å². The molecule has 0 bridgehead atoms. The summed E-state index contributed by atoms with van der Waals surface area (Å²) in [5, 5.41) is 5.78. The van der Waals surface area contributed by atoms with Crippen molar-refractivity contribution in [2.75, 3.05) is 24.5 Å². The second-order valence-corrected chi connectivity index (χ2v) is 9.15. The summed E-state index contributed by atoms with van der Waals surface area (Å²) < 4.78 is 0. The Labute approximate surface area is 180 Å². The summed E-state index contributed by atoms with van der Waals surface area (Å²) in [4.78, 5) is 40.8. The molecule has 1 unspecified atom stereocenters. The summed E-state index contributed by atoms with van der Waals surface area (Å²) in [6, 6.07) is 14.1. The zero-order valence-electron chi connectivity index (χ0n) is 17.2. The second kappa shape index (κ2) is 6.65. The van der Waals surface area contributed by atoms with Crippen molar-refractivity contribution < 1.29 is 14.4 Å². The molecular formula is C24H24N4O3. The minimum atomic E-state index is -0.572. The molecule has 2 aromatic rings. The quantitative estimate of drug-likeness (QED) is 0.738. The molecule has 4 heterocycles. The molecule has 4 aliphatic heterocycles. The number of rotatable bonds is 3. The van der Waals surface area contributed by atoms with Crippen LogP contribution in [0.15, 0.2) is 42.5 Å². The molecule has 2 N–H and O–H groups in total. The van der Waals surface area contributed by atoms with Crippen LogP contribution in [0.25, 0.3) is 0 Å². The van der Waals surface area contributed by atoms with E-state index in [1.165, 1.54) is 11.3 Å². The minimum Gasteiger partial charge on any atom is -0.366 e. The number of nitrogens with zero attached hydrogens (tertiary/aromatic N) is 2. The van der Waals surface area contributed by atoms with Crippen LogP contribution in [0.2, 0.25) is 0 Å². The fraction of sp³-hybridized carbons (Fsp3) is 0.375. The lowest BCUT2D eigenvalue weighted by atomic mass is 9.77. The third-order valence-electron chi connectivity index (χ3n) is 7.20. The summed E-state index contributed by atoms with van der Waals surface area (Å²) in [6.45, 7) is 4.15. The van der Waals surface area contributed by atoms with Gasteiger partial charge in [0.05, 0.1) is 0 Å². The first-order chi connectivity index (χ1) is 15.0. The van der Waals surface area contributed by atoms with Gasteiger partial charge in [0, 0.05) is 55.8 Å². The molecule has 0 aromatic heterocycles. The van der Waals surface area contributed by atoms with Gasteiger partial charge in [0.15, 0.2) is 0 Å². The van der Waals surface area contributed by atoms with Crippen LogP contribution in [0.5, 0.6) is 0 Å². The molecule has 7 heteroatoms. The lowest BCUT2D eigenvalue weighted by Crippen LogP contribution is -2.58. The predicted molar refractivity (Wildman–Crippen MR) is 115 cm³/mol. The number of anilines is 1. The van der Waals surface area contributed by atoms with Crippen LogP contribution < -0.4 is 15.5 Å². The van der Waals surface area contributed by atoms with Crippen LogP contribution in [0.3, 0.4) is 0 Å². The second-order valence-electron chi connectivity index (χ2n) is 9.15. The zero-order chi connectivity index (χ0) is 21.2. The van der Waals surface area contributed by atoms with Gasteiger partial charge in [-0.3, -0.25) is 19.7 Å².